The molecule has 0 radical (unpaired) electrons. The number of fused-ring (bicyclic) bond motifs is 1. The number of carbonyl (C=O) groups is 1. The Labute approximate surface area is 107 Å². The number of nitrogens with one attached hydrogen (secondary N) is 1. The van der Waals surface area contributed by atoms with Gasteiger partial charge in [0.05, 0.1) is 12.0 Å². The van der Waals surface area contributed by atoms with Crippen molar-refractivity contribution >= 4 is 5.91 Å². The van der Waals surface area contributed by atoms with E-state index in [1.807, 2.05) is 12.1 Å². The fraction of sp³-hybridized carbons (Fsp3) is 0.533. The minimum atomic E-state index is -0.214. The van der Waals surface area contributed by atoms with Gasteiger partial charge in [-0.25, -0.2) is 0 Å². The summed E-state index contributed by atoms with van der Waals surface area (Å²) in [6.07, 6.45) is 4.32. The number of aryl methyl sites for hydroxylation is 1. The summed E-state index contributed by atoms with van der Waals surface area (Å²) in [5.74, 6) is 0.145. The predicted octanol–water partition coefficient (Wildman–Crippen LogP) is 1.75. The second kappa shape index (κ2) is 4.73. The van der Waals surface area contributed by atoms with E-state index in [-0.39, 0.29) is 24.0 Å². The van der Waals surface area contributed by atoms with Gasteiger partial charge in [0.25, 0.3) is 0 Å². The number of hydrogen-bond donors (Lipinski definition) is 2. The summed E-state index contributed by atoms with van der Waals surface area (Å²) in [5.41, 5.74) is 2.51. The van der Waals surface area contributed by atoms with Crippen molar-refractivity contribution in [3.8, 4) is 0 Å². The van der Waals surface area contributed by atoms with Crippen LogP contribution < -0.4 is 5.32 Å². The minimum absolute atomic E-state index is 0.00712. The average molecular weight is 245 g/mol. The molecule has 0 heterocycles. The first-order valence-corrected chi connectivity index (χ1v) is 6.80. The Morgan fingerprint density at radius 1 is 1.28 bits per heavy atom. The maximum absolute atomic E-state index is 12.3. The molecule has 0 saturated heterocycles. The van der Waals surface area contributed by atoms with Gasteiger partial charge < -0.3 is 10.4 Å². The third kappa shape index (κ3) is 2.15. The van der Waals surface area contributed by atoms with Crippen molar-refractivity contribution in [1.29, 1.82) is 0 Å². The summed E-state index contributed by atoms with van der Waals surface area (Å²) in [6, 6.07) is 8.44. The number of aliphatic hydroxyl groups is 1. The van der Waals surface area contributed by atoms with E-state index in [0.717, 1.165) is 19.3 Å². The molecule has 3 heteroatoms. The van der Waals surface area contributed by atoms with Gasteiger partial charge >= 0.3 is 0 Å². The molecule has 1 unspecified atom stereocenters. The molecule has 0 aliphatic heterocycles. The number of aliphatic hydroxyl groups excluding tert-OH is 1. The summed E-state index contributed by atoms with van der Waals surface area (Å²) in [4.78, 5) is 12.3. The Morgan fingerprint density at radius 3 is 2.83 bits per heavy atom. The molecule has 1 fully saturated rings. The van der Waals surface area contributed by atoms with Crippen LogP contribution in [0.5, 0.6) is 0 Å². The van der Waals surface area contributed by atoms with E-state index in [2.05, 4.69) is 17.4 Å². The molecule has 2 aliphatic rings. The molecule has 0 bridgehead atoms. The van der Waals surface area contributed by atoms with Crippen molar-refractivity contribution in [3.63, 3.8) is 0 Å². The Bertz CT molecular complexity index is 452. The highest BCUT2D eigenvalue weighted by Crippen LogP contribution is 2.32. The average Bonchev–Trinajstić information content (AvgIpc) is 2.36. The summed E-state index contributed by atoms with van der Waals surface area (Å²) < 4.78 is 0. The second-order valence-corrected chi connectivity index (χ2v) is 5.47. The van der Waals surface area contributed by atoms with Crippen LogP contribution in [0.3, 0.4) is 0 Å². The summed E-state index contributed by atoms with van der Waals surface area (Å²) >= 11 is 0. The van der Waals surface area contributed by atoms with Crippen molar-refractivity contribution in [1.82, 2.24) is 5.32 Å². The second-order valence-electron chi connectivity index (χ2n) is 5.47. The van der Waals surface area contributed by atoms with E-state index < -0.39 is 0 Å². The molecular formula is C15H19NO2. The van der Waals surface area contributed by atoms with Gasteiger partial charge in [-0.1, -0.05) is 24.3 Å². The number of benzene rings is 1. The Hall–Kier alpha value is -1.35. The molecule has 1 saturated carbocycles. The monoisotopic (exact) mass is 245 g/mol. The zero-order valence-electron chi connectivity index (χ0n) is 10.4. The molecule has 3 rings (SSSR count). The van der Waals surface area contributed by atoms with Crippen LogP contribution in [-0.2, 0) is 11.2 Å². The van der Waals surface area contributed by atoms with E-state index >= 15 is 0 Å². The van der Waals surface area contributed by atoms with Crippen LogP contribution in [0.15, 0.2) is 24.3 Å². The van der Waals surface area contributed by atoms with E-state index in [1.54, 1.807) is 0 Å². The van der Waals surface area contributed by atoms with Crippen LogP contribution in [0.2, 0.25) is 0 Å². The summed E-state index contributed by atoms with van der Waals surface area (Å²) in [6.45, 7) is 0. The van der Waals surface area contributed by atoms with Crippen molar-refractivity contribution in [2.75, 3.05) is 0 Å². The number of rotatable bonds is 2. The lowest BCUT2D eigenvalue weighted by Gasteiger charge is -2.34. The molecule has 1 atom stereocenters. The van der Waals surface area contributed by atoms with Gasteiger partial charge in [0.2, 0.25) is 5.91 Å². The molecular weight excluding hydrogens is 226 g/mol. The van der Waals surface area contributed by atoms with Crippen molar-refractivity contribution in [2.45, 2.75) is 50.2 Å². The lowest BCUT2D eigenvalue weighted by atomic mass is 9.81. The van der Waals surface area contributed by atoms with Crippen LogP contribution in [-0.4, -0.2) is 23.2 Å². The lowest BCUT2D eigenvalue weighted by molar-refractivity contribution is -0.124. The number of amides is 1. The lowest BCUT2D eigenvalue weighted by Crippen LogP contribution is -2.48. The molecule has 1 aromatic carbocycles. The Balaban J connectivity index is 1.71. The normalized spacial score (nSPS) is 30.2. The highest BCUT2D eigenvalue weighted by atomic mass is 16.3. The maximum Gasteiger partial charge on any atom is 0.227 e. The van der Waals surface area contributed by atoms with Gasteiger partial charge in [-0.3, -0.25) is 4.79 Å². The Morgan fingerprint density at radius 2 is 2.06 bits per heavy atom. The topological polar surface area (TPSA) is 49.3 Å². The van der Waals surface area contributed by atoms with Gasteiger partial charge in [-0.05, 0) is 43.2 Å². The maximum atomic E-state index is 12.3. The van der Waals surface area contributed by atoms with Gasteiger partial charge in [-0.15, -0.1) is 0 Å². The molecule has 0 aromatic heterocycles. The molecule has 0 spiro atoms. The number of hydrogen-bond acceptors (Lipinski definition) is 2. The van der Waals surface area contributed by atoms with Crippen LogP contribution in [0.1, 0.15) is 42.7 Å². The van der Waals surface area contributed by atoms with E-state index in [4.69, 9.17) is 0 Å². The zero-order valence-corrected chi connectivity index (χ0v) is 10.4. The van der Waals surface area contributed by atoms with Gasteiger partial charge in [0, 0.05) is 6.04 Å². The number of carbonyl (C=O) groups excluding carboxylic acids is 1. The third-order valence-corrected chi connectivity index (χ3v) is 4.15. The summed E-state index contributed by atoms with van der Waals surface area (Å²) in [7, 11) is 0. The smallest absolute Gasteiger partial charge is 0.227 e. The predicted molar refractivity (Wildman–Crippen MR) is 69.3 cm³/mol. The van der Waals surface area contributed by atoms with E-state index in [0.29, 0.717) is 12.8 Å². The molecule has 1 amide bonds. The van der Waals surface area contributed by atoms with Crippen LogP contribution >= 0.6 is 0 Å². The van der Waals surface area contributed by atoms with Crippen LogP contribution in [0.4, 0.5) is 0 Å². The first-order valence-electron chi connectivity index (χ1n) is 6.80. The summed E-state index contributed by atoms with van der Waals surface area (Å²) in [5, 5.41) is 12.3. The molecule has 18 heavy (non-hydrogen) atoms. The minimum Gasteiger partial charge on any atom is -0.393 e. The SMILES string of the molecule is O=C(NC1CC(O)C1)C1CCCc2ccccc21. The highest BCUT2D eigenvalue weighted by molar-refractivity contribution is 5.84. The quantitative estimate of drug-likeness (QED) is 0.834. The molecule has 2 N–H and O–H groups in total. The molecule has 3 nitrogen and oxygen atoms in total. The van der Waals surface area contributed by atoms with E-state index in [9.17, 15) is 9.90 Å². The first kappa shape index (κ1) is 11.7. The fourth-order valence-corrected chi connectivity index (χ4v) is 3.03. The highest BCUT2D eigenvalue weighted by Gasteiger charge is 2.32. The van der Waals surface area contributed by atoms with Crippen molar-refractivity contribution in [2.24, 2.45) is 0 Å². The van der Waals surface area contributed by atoms with Gasteiger partial charge in [0.15, 0.2) is 0 Å². The van der Waals surface area contributed by atoms with Gasteiger partial charge in [-0.2, -0.15) is 0 Å². The fourth-order valence-electron chi connectivity index (χ4n) is 3.03. The molecule has 1 aromatic rings. The standard InChI is InChI=1S/C15H19NO2/c17-12-8-11(9-12)16-15(18)14-7-3-5-10-4-1-2-6-13(10)14/h1-2,4,6,11-12,14,17H,3,5,7-9H2,(H,16,18). The zero-order chi connectivity index (χ0) is 12.5. The largest absolute Gasteiger partial charge is 0.393 e. The van der Waals surface area contributed by atoms with Crippen LogP contribution in [0, 0.1) is 0 Å². The first-order chi connectivity index (χ1) is 8.74. The van der Waals surface area contributed by atoms with Crippen molar-refractivity contribution < 1.29 is 9.90 Å². The van der Waals surface area contributed by atoms with Crippen molar-refractivity contribution in [3.05, 3.63) is 35.4 Å². The van der Waals surface area contributed by atoms with Gasteiger partial charge in [0.1, 0.15) is 0 Å². The third-order valence-electron chi connectivity index (χ3n) is 4.15. The van der Waals surface area contributed by atoms with Crippen LogP contribution in [0.25, 0.3) is 0 Å². The van der Waals surface area contributed by atoms with E-state index in [1.165, 1.54) is 11.1 Å². The Kier molecular flexibility index (Phi) is 3.08. The molecule has 2 aliphatic carbocycles. The molecule has 96 valence electrons.